The molecule has 0 bridgehead atoms. The minimum atomic E-state index is -0.334. The lowest BCUT2D eigenvalue weighted by Gasteiger charge is -2.35. The number of halogens is 1. The summed E-state index contributed by atoms with van der Waals surface area (Å²) in [5.74, 6) is -0.462. The number of imidazole rings is 1. The summed E-state index contributed by atoms with van der Waals surface area (Å²) in [6.45, 7) is 2.56. The zero-order valence-electron chi connectivity index (χ0n) is 14.9. The highest BCUT2D eigenvalue weighted by Gasteiger charge is 2.32. The maximum Gasteiger partial charge on any atom is 0.272 e. The zero-order valence-corrected chi connectivity index (χ0v) is 14.9. The maximum absolute atomic E-state index is 13.2. The molecule has 2 amide bonds. The summed E-state index contributed by atoms with van der Waals surface area (Å²) >= 11 is 0. The van der Waals surface area contributed by atoms with E-state index in [0.717, 1.165) is 12.8 Å². The summed E-state index contributed by atoms with van der Waals surface area (Å²) < 4.78 is 20.3. The second kappa shape index (κ2) is 7.48. The number of carbonyl (C=O) groups excluding carboxylic acids is 2. The van der Waals surface area contributed by atoms with Gasteiger partial charge >= 0.3 is 0 Å². The van der Waals surface area contributed by atoms with E-state index < -0.39 is 0 Å². The second-order valence-electron chi connectivity index (χ2n) is 6.74. The highest BCUT2D eigenvalue weighted by Crippen LogP contribution is 2.18. The fourth-order valence-corrected chi connectivity index (χ4v) is 3.53. The molecule has 2 aliphatic heterocycles. The van der Waals surface area contributed by atoms with Crippen LogP contribution in [0.3, 0.4) is 0 Å². The van der Waals surface area contributed by atoms with Gasteiger partial charge in [0.15, 0.2) is 0 Å². The third-order valence-electron chi connectivity index (χ3n) is 5.05. The van der Waals surface area contributed by atoms with Gasteiger partial charge in [0.05, 0.1) is 12.5 Å². The molecule has 4 rings (SSSR count). The molecule has 1 aromatic heterocycles. The largest absolute Gasteiger partial charge is 0.368 e. The van der Waals surface area contributed by atoms with Gasteiger partial charge in [-0.25, -0.2) is 9.37 Å². The van der Waals surface area contributed by atoms with E-state index in [-0.39, 0.29) is 23.7 Å². The molecular formula is C19H21FN4O3. The molecule has 142 valence electrons. The van der Waals surface area contributed by atoms with Gasteiger partial charge in [-0.2, -0.15) is 0 Å². The third-order valence-corrected chi connectivity index (χ3v) is 5.05. The van der Waals surface area contributed by atoms with Gasteiger partial charge < -0.3 is 14.5 Å². The summed E-state index contributed by atoms with van der Waals surface area (Å²) in [5.41, 5.74) is 1.09. The van der Waals surface area contributed by atoms with Crippen molar-refractivity contribution in [2.24, 2.45) is 0 Å². The van der Waals surface area contributed by atoms with Gasteiger partial charge in [-0.1, -0.05) is 0 Å². The van der Waals surface area contributed by atoms with Gasteiger partial charge in [-0.05, 0) is 37.1 Å². The quantitative estimate of drug-likeness (QED) is 0.818. The van der Waals surface area contributed by atoms with E-state index in [0.29, 0.717) is 44.2 Å². The topological polar surface area (TPSA) is 67.7 Å². The molecule has 2 aliphatic rings. The van der Waals surface area contributed by atoms with Crippen molar-refractivity contribution in [2.45, 2.75) is 18.9 Å². The van der Waals surface area contributed by atoms with Crippen LogP contribution in [0.1, 0.15) is 23.3 Å². The van der Waals surface area contributed by atoms with Crippen molar-refractivity contribution < 1.29 is 18.7 Å². The van der Waals surface area contributed by atoms with E-state index in [9.17, 15) is 14.0 Å². The Morgan fingerprint density at radius 2 is 1.78 bits per heavy atom. The third kappa shape index (κ3) is 3.57. The lowest BCUT2D eigenvalue weighted by molar-refractivity contribution is -0.142. The molecule has 2 fully saturated rings. The number of amides is 2. The number of hydrogen-bond acceptors (Lipinski definition) is 4. The zero-order chi connectivity index (χ0) is 18.8. The Morgan fingerprint density at radius 1 is 1.07 bits per heavy atom. The van der Waals surface area contributed by atoms with E-state index in [4.69, 9.17) is 4.74 Å². The summed E-state index contributed by atoms with van der Waals surface area (Å²) in [7, 11) is 0. The molecule has 1 atom stereocenters. The number of nitrogens with zero attached hydrogens (tertiary/aromatic N) is 4. The van der Waals surface area contributed by atoms with E-state index >= 15 is 0 Å². The molecule has 1 aromatic carbocycles. The van der Waals surface area contributed by atoms with Crippen LogP contribution in [0.4, 0.5) is 4.39 Å². The molecular weight excluding hydrogens is 351 g/mol. The highest BCUT2D eigenvalue weighted by atomic mass is 19.1. The van der Waals surface area contributed by atoms with Crippen molar-refractivity contribution in [2.75, 3.05) is 32.8 Å². The maximum atomic E-state index is 13.2. The average molecular weight is 372 g/mol. The van der Waals surface area contributed by atoms with Crippen LogP contribution < -0.4 is 0 Å². The monoisotopic (exact) mass is 372 g/mol. The standard InChI is InChI=1S/C19H21FN4O3/c20-14-3-5-15(6-4-14)24-13-21-12-16(24)18(25)22-7-9-23(10-8-22)19(26)17-2-1-11-27-17/h3-6,12-13,17H,1-2,7-11H2/t17-/m0/s1. The van der Waals surface area contributed by atoms with E-state index in [1.165, 1.54) is 24.7 Å². The summed E-state index contributed by atoms with van der Waals surface area (Å²) in [4.78, 5) is 32.9. The number of carbonyl (C=O) groups is 2. The number of rotatable bonds is 3. The first-order valence-corrected chi connectivity index (χ1v) is 9.11. The van der Waals surface area contributed by atoms with Gasteiger partial charge in [-0.15, -0.1) is 0 Å². The number of benzene rings is 1. The average Bonchev–Trinajstić information content (AvgIpc) is 3.40. The molecule has 2 saturated heterocycles. The fraction of sp³-hybridized carbons (Fsp3) is 0.421. The number of hydrogen-bond donors (Lipinski definition) is 0. The van der Waals surface area contributed by atoms with Gasteiger partial charge in [0.1, 0.15) is 17.6 Å². The SMILES string of the molecule is O=C(c1cncn1-c1ccc(F)cc1)N1CCN(C(=O)[C@@H]2CCCO2)CC1. The molecule has 27 heavy (non-hydrogen) atoms. The summed E-state index contributed by atoms with van der Waals surface area (Å²) in [6, 6.07) is 5.90. The van der Waals surface area contributed by atoms with Crippen molar-refractivity contribution in [1.82, 2.24) is 19.4 Å². The lowest BCUT2D eigenvalue weighted by atomic mass is 10.2. The Labute approximate surface area is 156 Å². The minimum Gasteiger partial charge on any atom is -0.368 e. The highest BCUT2D eigenvalue weighted by molar-refractivity contribution is 5.93. The van der Waals surface area contributed by atoms with Crippen molar-refractivity contribution >= 4 is 11.8 Å². The van der Waals surface area contributed by atoms with Crippen LogP contribution in [0.5, 0.6) is 0 Å². The van der Waals surface area contributed by atoms with Crippen molar-refractivity contribution in [3.63, 3.8) is 0 Å². The molecule has 8 heteroatoms. The van der Waals surface area contributed by atoms with Gasteiger partial charge in [0.2, 0.25) is 0 Å². The van der Waals surface area contributed by atoms with Crippen molar-refractivity contribution in [3.8, 4) is 5.69 Å². The number of ether oxygens (including phenoxy) is 1. The van der Waals surface area contributed by atoms with Gasteiger partial charge in [0.25, 0.3) is 11.8 Å². The van der Waals surface area contributed by atoms with Crippen molar-refractivity contribution in [1.29, 1.82) is 0 Å². The predicted octanol–water partition coefficient (Wildman–Crippen LogP) is 1.47. The molecule has 0 spiro atoms. The first-order chi connectivity index (χ1) is 13.1. The number of aromatic nitrogens is 2. The van der Waals surface area contributed by atoms with E-state index in [2.05, 4.69) is 4.98 Å². The van der Waals surface area contributed by atoms with Crippen LogP contribution in [-0.2, 0) is 9.53 Å². The Bertz CT molecular complexity index is 822. The fourth-order valence-electron chi connectivity index (χ4n) is 3.53. The lowest BCUT2D eigenvalue weighted by Crippen LogP contribution is -2.53. The second-order valence-corrected chi connectivity index (χ2v) is 6.74. The Morgan fingerprint density at radius 3 is 2.44 bits per heavy atom. The van der Waals surface area contributed by atoms with Crippen LogP contribution in [0, 0.1) is 5.82 Å². The van der Waals surface area contributed by atoms with E-state index in [1.54, 1.807) is 26.5 Å². The smallest absolute Gasteiger partial charge is 0.272 e. The first-order valence-electron chi connectivity index (χ1n) is 9.11. The molecule has 0 N–H and O–H groups in total. The van der Waals surface area contributed by atoms with Crippen LogP contribution in [0.15, 0.2) is 36.8 Å². The Hall–Kier alpha value is -2.74. The molecule has 0 saturated carbocycles. The van der Waals surface area contributed by atoms with E-state index in [1.807, 2.05) is 0 Å². The predicted molar refractivity (Wildman–Crippen MR) is 95.0 cm³/mol. The minimum absolute atomic E-state index is 0.0240. The Kier molecular flexibility index (Phi) is 4.89. The molecule has 0 radical (unpaired) electrons. The van der Waals surface area contributed by atoms with Crippen molar-refractivity contribution in [3.05, 3.63) is 48.3 Å². The van der Waals surface area contributed by atoms with Crippen LogP contribution >= 0.6 is 0 Å². The molecule has 0 unspecified atom stereocenters. The first kappa shape index (κ1) is 17.7. The van der Waals surface area contributed by atoms with Gasteiger partial charge in [0, 0.05) is 38.5 Å². The number of piperazine rings is 1. The molecule has 7 nitrogen and oxygen atoms in total. The van der Waals surface area contributed by atoms with Crippen LogP contribution in [0.2, 0.25) is 0 Å². The Balaban J connectivity index is 1.42. The summed E-state index contributed by atoms with van der Waals surface area (Å²) in [5, 5.41) is 0. The molecule has 0 aliphatic carbocycles. The molecule has 2 aromatic rings. The summed E-state index contributed by atoms with van der Waals surface area (Å²) in [6.07, 6.45) is 4.41. The molecule has 3 heterocycles. The van der Waals surface area contributed by atoms with Crippen LogP contribution in [0.25, 0.3) is 5.69 Å². The van der Waals surface area contributed by atoms with Crippen LogP contribution in [-0.4, -0.2) is 70.1 Å². The normalized spacial score (nSPS) is 20.1. The van der Waals surface area contributed by atoms with Gasteiger partial charge in [-0.3, -0.25) is 14.2 Å².